The van der Waals surface area contributed by atoms with Crippen LogP contribution in [0.4, 0.5) is 15.8 Å². The summed E-state index contributed by atoms with van der Waals surface area (Å²) in [6, 6.07) is 15.0. The van der Waals surface area contributed by atoms with Crippen molar-refractivity contribution in [1.82, 2.24) is 9.66 Å². The number of para-hydroxylation sites is 1. The largest absolute Gasteiger partial charge is 0.476 e. The first-order valence-electron chi connectivity index (χ1n) is 13.0. The number of ether oxygens (including phenoxy) is 1. The number of carbonyl (C=O) groups is 1. The molecule has 1 heterocycles. The van der Waals surface area contributed by atoms with Gasteiger partial charge >= 0.3 is 5.69 Å². The fourth-order valence-corrected chi connectivity index (χ4v) is 5.32. The van der Waals surface area contributed by atoms with Crippen molar-refractivity contribution >= 4 is 50.3 Å². The summed E-state index contributed by atoms with van der Waals surface area (Å²) < 4.78 is 20.5. The van der Waals surface area contributed by atoms with Crippen molar-refractivity contribution in [2.75, 3.05) is 11.9 Å². The van der Waals surface area contributed by atoms with Crippen molar-refractivity contribution in [3.8, 4) is 5.75 Å². The molecule has 0 radical (unpaired) electrons. The molecule has 1 aromatic heterocycles. The van der Waals surface area contributed by atoms with Crippen LogP contribution in [-0.4, -0.2) is 33.3 Å². The van der Waals surface area contributed by atoms with Gasteiger partial charge in [-0.15, -0.1) is 0 Å². The van der Waals surface area contributed by atoms with E-state index >= 15 is 0 Å². The average molecular weight is 622 g/mol. The molecular formula is C29H25BrFN5O5. The van der Waals surface area contributed by atoms with E-state index in [1.165, 1.54) is 41.2 Å². The van der Waals surface area contributed by atoms with Gasteiger partial charge in [-0.3, -0.25) is 19.7 Å². The highest BCUT2D eigenvalue weighted by Crippen LogP contribution is 2.35. The SMILES string of the molecule is O=C(COc1c(C=Nn2c(C3CCCCC3)nc3ccccc3c2=O)cc(Br)cc1[N+](=O)[O-])Nc1ccc(F)cc1. The number of nitro groups is 1. The number of nitrogens with one attached hydrogen (secondary N) is 1. The summed E-state index contributed by atoms with van der Waals surface area (Å²) in [5.41, 5.74) is 0.351. The van der Waals surface area contributed by atoms with E-state index in [1.54, 1.807) is 24.3 Å². The molecular weight excluding hydrogens is 597 g/mol. The van der Waals surface area contributed by atoms with E-state index in [0.717, 1.165) is 32.1 Å². The number of nitro benzene ring substituents is 1. The summed E-state index contributed by atoms with van der Waals surface area (Å²) in [4.78, 5) is 42.1. The molecule has 210 valence electrons. The fraction of sp³-hybridized carbons (Fsp3) is 0.241. The summed E-state index contributed by atoms with van der Waals surface area (Å²) in [6.07, 6.45) is 6.21. The molecule has 1 aliphatic carbocycles. The Kier molecular flexibility index (Phi) is 8.48. The van der Waals surface area contributed by atoms with Crippen molar-refractivity contribution in [2.45, 2.75) is 38.0 Å². The number of carbonyl (C=O) groups excluding carboxylic acids is 1. The number of anilines is 1. The second-order valence-electron chi connectivity index (χ2n) is 9.63. The molecule has 10 nitrogen and oxygen atoms in total. The Morgan fingerprint density at radius 1 is 1.17 bits per heavy atom. The normalized spacial score (nSPS) is 13.9. The fourth-order valence-electron chi connectivity index (χ4n) is 4.85. The zero-order valence-corrected chi connectivity index (χ0v) is 23.3. The van der Waals surface area contributed by atoms with Crippen LogP contribution in [0.25, 0.3) is 10.9 Å². The molecule has 1 N–H and O–H groups in total. The third kappa shape index (κ3) is 6.49. The topological polar surface area (TPSA) is 129 Å². The number of amides is 1. The van der Waals surface area contributed by atoms with E-state index in [1.807, 2.05) is 6.07 Å². The maximum Gasteiger partial charge on any atom is 0.312 e. The van der Waals surface area contributed by atoms with Crippen LogP contribution in [0.5, 0.6) is 5.75 Å². The van der Waals surface area contributed by atoms with Crippen molar-refractivity contribution < 1.29 is 18.8 Å². The Morgan fingerprint density at radius 2 is 1.90 bits per heavy atom. The molecule has 1 saturated carbocycles. The maximum absolute atomic E-state index is 13.5. The van der Waals surface area contributed by atoms with E-state index in [9.17, 15) is 24.1 Å². The summed E-state index contributed by atoms with van der Waals surface area (Å²) >= 11 is 3.28. The number of nitrogens with zero attached hydrogens (tertiary/aromatic N) is 4. The van der Waals surface area contributed by atoms with Crippen LogP contribution < -0.4 is 15.6 Å². The average Bonchev–Trinajstić information content (AvgIpc) is 2.97. The molecule has 0 unspecified atom stereocenters. The quantitative estimate of drug-likeness (QED) is 0.143. The first-order valence-corrected chi connectivity index (χ1v) is 13.8. The van der Waals surface area contributed by atoms with Gasteiger partial charge in [-0.2, -0.15) is 9.78 Å². The van der Waals surface area contributed by atoms with Crippen molar-refractivity contribution in [3.63, 3.8) is 0 Å². The second kappa shape index (κ2) is 12.4. The van der Waals surface area contributed by atoms with Crippen molar-refractivity contribution in [1.29, 1.82) is 0 Å². The van der Waals surface area contributed by atoms with E-state index in [2.05, 4.69) is 26.3 Å². The summed E-state index contributed by atoms with van der Waals surface area (Å²) in [5.74, 6) is -0.680. The number of hydrogen-bond donors (Lipinski definition) is 1. The lowest BCUT2D eigenvalue weighted by Crippen LogP contribution is -2.25. The predicted octanol–water partition coefficient (Wildman–Crippen LogP) is 6.15. The first-order chi connectivity index (χ1) is 19.8. The van der Waals surface area contributed by atoms with E-state index in [-0.39, 0.29) is 22.8 Å². The van der Waals surface area contributed by atoms with Crippen LogP contribution in [0.2, 0.25) is 0 Å². The van der Waals surface area contributed by atoms with Crippen LogP contribution >= 0.6 is 15.9 Å². The van der Waals surface area contributed by atoms with Gasteiger partial charge in [-0.05, 0) is 55.3 Å². The zero-order chi connectivity index (χ0) is 28.9. The van der Waals surface area contributed by atoms with Crippen LogP contribution in [0.1, 0.15) is 49.4 Å². The lowest BCUT2D eigenvalue weighted by Gasteiger charge is -2.22. The van der Waals surface area contributed by atoms with Gasteiger partial charge in [0.2, 0.25) is 5.75 Å². The number of rotatable bonds is 8. The molecule has 0 aliphatic heterocycles. The van der Waals surface area contributed by atoms with Gasteiger partial charge in [0.25, 0.3) is 11.5 Å². The zero-order valence-electron chi connectivity index (χ0n) is 21.8. The molecule has 1 aliphatic rings. The lowest BCUT2D eigenvalue weighted by atomic mass is 9.88. The van der Waals surface area contributed by atoms with E-state index in [4.69, 9.17) is 9.72 Å². The summed E-state index contributed by atoms with van der Waals surface area (Å²) in [6.45, 7) is -0.564. The number of fused-ring (bicyclic) bond motifs is 1. The molecule has 12 heteroatoms. The minimum atomic E-state index is -0.632. The van der Waals surface area contributed by atoms with E-state index < -0.39 is 28.9 Å². The second-order valence-corrected chi connectivity index (χ2v) is 10.5. The molecule has 0 saturated heterocycles. The Hall–Kier alpha value is -4.45. The van der Waals surface area contributed by atoms with Crippen molar-refractivity contribution in [2.24, 2.45) is 5.10 Å². The lowest BCUT2D eigenvalue weighted by molar-refractivity contribution is -0.385. The third-order valence-corrected chi connectivity index (χ3v) is 7.25. The molecule has 1 amide bonds. The Bertz CT molecular complexity index is 1700. The van der Waals surface area contributed by atoms with Gasteiger partial charge in [-0.1, -0.05) is 47.3 Å². The van der Waals surface area contributed by atoms with Gasteiger partial charge in [0.05, 0.1) is 22.0 Å². The van der Waals surface area contributed by atoms with Crippen LogP contribution in [-0.2, 0) is 4.79 Å². The molecule has 0 spiro atoms. The number of aromatic nitrogens is 2. The molecule has 0 bridgehead atoms. The number of benzene rings is 3. The minimum absolute atomic E-state index is 0.0425. The van der Waals surface area contributed by atoms with Crippen molar-refractivity contribution in [3.05, 3.63) is 103 Å². The van der Waals surface area contributed by atoms with Crippen LogP contribution in [0.3, 0.4) is 0 Å². The number of hydrogen-bond acceptors (Lipinski definition) is 7. The minimum Gasteiger partial charge on any atom is -0.476 e. The Labute approximate surface area is 242 Å². The number of halogens is 2. The van der Waals surface area contributed by atoms with Gasteiger partial charge in [0, 0.05) is 27.7 Å². The molecule has 41 heavy (non-hydrogen) atoms. The van der Waals surface area contributed by atoms with Gasteiger partial charge in [-0.25, -0.2) is 9.37 Å². The standard InChI is InChI=1S/C29H25BrFN5O5/c30-20-14-19(27(25(15-20)36(39)40)41-17-26(37)33-22-12-10-21(31)11-13-22)16-32-35-28(18-6-2-1-3-7-18)34-24-9-5-4-8-23(24)29(35)38/h4-5,8-16,18H,1-3,6-7,17H2,(H,33,37). The van der Waals surface area contributed by atoms with Gasteiger partial charge in [0.1, 0.15) is 11.6 Å². The Balaban J connectivity index is 1.51. The Morgan fingerprint density at radius 3 is 2.63 bits per heavy atom. The van der Waals surface area contributed by atoms with Crippen LogP contribution in [0, 0.1) is 15.9 Å². The maximum atomic E-state index is 13.5. The first kappa shape index (κ1) is 28.1. The molecule has 3 aromatic carbocycles. The van der Waals surface area contributed by atoms with Crippen LogP contribution in [0.15, 0.2) is 75.0 Å². The predicted molar refractivity (Wildman–Crippen MR) is 156 cm³/mol. The molecule has 0 atom stereocenters. The highest BCUT2D eigenvalue weighted by atomic mass is 79.9. The van der Waals surface area contributed by atoms with Gasteiger partial charge in [0.15, 0.2) is 6.61 Å². The molecule has 4 aromatic rings. The smallest absolute Gasteiger partial charge is 0.312 e. The third-order valence-electron chi connectivity index (χ3n) is 6.80. The highest BCUT2D eigenvalue weighted by Gasteiger charge is 2.24. The summed E-state index contributed by atoms with van der Waals surface area (Å²) in [7, 11) is 0. The summed E-state index contributed by atoms with van der Waals surface area (Å²) in [5, 5.41) is 19.3. The monoisotopic (exact) mass is 621 g/mol. The van der Waals surface area contributed by atoms with E-state index in [0.29, 0.717) is 26.9 Å². The molecule has 5 rings (SSSR count). The van der Waals surface area contributed by atoms with Gasteiger partial charge < -0.3 is 10.1 Å². The molecule has 1 fully saturated rings. The highest BCUT2D eigenvalue weighted by molar-refractivity contribution is 9.10.